The number of hydrogen-bond acceptors (Lipinski definition) is 17. The minimum absolute atomic E-state index is 0.00133. The molecule has 0 saturated carbocycles. The van der Waals surface area contributed by atoms with Crippen LogP contribution >= 0.6 is 0 Å². The summed E-state index contributed by atoms with van der Waals surface area (Å²) in [5.41, 5.74) is 3.91. The molecular weight excluding hydrogens is 1140 g/mol. The van der Waals surface area contributed by atoms with Crippen LogP contribution in [0.25, 0.3) is 21.9 Å². The highest BCUT2D eigenvalue weighted by Gasteiger charge is 2.23. The van der Waals surface area contributed by atoms with Crippen LogP contribution in [0.2, 0.25) is 0 Å². The number of unbranched alkanes of at least 4 members (excludes halogenated alkanes) is 2. The van der Waals surface area contributed by atoms with Gasteiger partial charge in [0.05, 0.1) is 66.9 Å². The fourth-order valence-corrected chi connectivity index (χ4v) is 8.64. The van der Waals surface area contributed by atoms with Crippen molar-refractivity contribution in [2.45, 2.75) is 59.7 Å². The molecular formula is C70H60F2N4O13. The van der Waals surface area contributed by atoms with Crippen molar-refractivity contribution in [3.8, 4) is 39.9 Å². The SMILES string of the molecule is C=C(C)C(=O)Oc1ccc(C(=O)Oc2ccc(-c3ccc(C(=O)OCCCCC)cc3)cc2)c(/C=N/N=C/c2cc(F)c(/C=N/N=C/c3cc(C)ccc3OC(=O)c3ccc(OC(=O)c4ccc5cc(OCCCOC6CO6)ccc5c4)c(C)c3)cc2F)c1. The first-order valence-corrected chi connectivity index (χ1v) is 28.4. The molecule has 1 saturated heterocycles. The Balaban J connectivity index is 0.796. The lowest BCUT2D eigenvalue weighted by molar-refractivity contribution is -0.130. The monoisotopic (exact) mass is 1200 g/mol. The molecule has 8 aromatic carbocycles. The van der Waals surface area contributed by atoms with Gasteiger partial charge in [0.2, 0.25) is 0 Å². The molecule has 1 heterocycles. The summed E-state index contributed by atoms with van der Waals surface area (Å²) in [6.45, 7) is 12.7. The van der Waals surface area contributed by atoms with Gasteiger partial charge in [-0.25, -0.2) is 32.8 Å². The summed E-state index contributed by atoms with van der Waals surface area (Å²) in [6, 6.07) is 39.9. The summed E-state index contributed by atoms with van der Waals surface area (Å²) in [6.07, 6.45) is 7.84. The number of aryl methyl sites for hydroxylation is 2. The highest BCUT2D eigenvalue weighted by atomic mass is 19.1. The van der Waals surface area contributed by atoms with Gasteiger partial charge in [-0.15, -0.1) is 0 Å². The Hall–Kier alpha value is -10.6. The van der Waals surface area contributed by atoms with E-state index >= 15 is 8.78 Å². The largest absolute Gasteiger partial charge is 0.493 e. The molecule has 17 nitrogen and oxygen atoms in total. The van der Waals surface area contributed by atoms with E-state index in [-0.39, 0.29) is 62.7 Å². The van der Waals surface area contributed by atoms with Gasteiger partial charge in [-0.3, -0.25) is 0 Å². The van der Waals surface area contributed by atoms with Gasteiger partial charge in [0, 0.05) is 34.2 Å². The van der Waals surface area contributed by atoms with Crippen LogP contribution in [-0.4, -0.2) is 87.4 Å². The standard InChI is InChI=1S/C70H60F2N4O13/c1-6-7-8-28-84-67(78)48-13-11-46(12-14-48)47-17-21-57(22-18-47)86-70(81)60-25-24-59(87-66(77)43(2)3)35-53(60)38-73-74-39-54-36-62(72)55(37-61(54)71)40-75-76-41-56-31-44(4)10-26-64(56)89-68(79)51-20-27-63(45(5)32-51)88-69(80)52-16-15-50-34-58(23-19-49(50)33-52)82-29-9-30-83-65-42-85-65/h10-27,31-41,65H,2,6-9,28-30,42H2,1,3-5H3/b73-38+,74-39+,75-40+,76-41+. The lowest BCUT2D eigenvalue weighted by Crippen LogP contribution is -2.13. The average molecular weight is 1200 g/mol. The van der Waals surface area contributed by atoms with Crippen molar-refractivity contribution >= 4 is 65.5 Å². The van der Waals surface area contributed by atoms with Crippen LogP contribution in [0.1, 0.15) is 114 Å². The predicted molar refractivity (Wildman–Crippen MR) is 332 cm³/mol. The van der Waals surface area contributed by atoms with Crippen LogP contribution in [-0.2, 0) is 19.0 Å². The highest BCUT2D eigenvalue weighted by molar-refractivity contribution is 6.02. The Labute approximate surface area is 511 Å². The van der Waals surface area contributed by atoms with E-state index in [0.717, 1.165) is 83.9 Å². The molecule has 0 aliphatic carbocycles. The minimum Gasteiger partial charge on any atom is -0.493 e. The predicted octanol–water partition coefficient (Wildman–Crippen LogP) is 13.9. The minimum atomic E-state index is -0.882. The number of rotatable bonds is 26. The van der Waals surface area contributed by atoms with Crippen LogP contribution in [0.5, 0.6) is 28.7 Å². The number of halogens is 2. The van der Waals surface area contributed by atoms with Gasteiger partial charge < -0.3 is 37.9 Å². The van der Waals surface area contributed by atoms with Gasteiger partial charge in [0.15, 0.2) is 6.29 Å². The summed E-state index contributed by atoms with van der Waals surface area (Å²) in [7, 11) is 0. The number of epoxide rings is 1. The number of carbonyl (C=O) groups excluding carboxylic acids is 5. The second kappa shape index (κ2) is 30.1. The van der Waals surface area contributed by atoms with Crippen molar-refractivity contribution in [2.24, 2.45) is 20.4 Å². The third-order valence-electron chi connectivity index (χ3n) is 13.5. The zero-order chi connectivity index (χ0) is 62.8. The molecule has 0 radical (unpaired) electrons. The summed E-state index contributed by atoms with van der Waals surface area (Å²) < 4.78 is 75.1. The molecule has 19 heteroatoms. The van der Waals surface area contributed by atoms with Crippen molar-refractivity contribution in [3.63, 3.8) is 0 Å². The Kier molecular flexibility index (Phi) is 21.3. The van der Waals surface area contributed by atoms with Crippen molar-refractivity contribution in [3.05, 3.63) is 231 Å². The number of hydrogen-bond donors (Lipinski definition) is 0. The molecule has 89 heavy (non-hydrogen) atoms. The van der Waals surface area contributed by atoms with Gasteiger partial charge in [-0.05, 0) is 164 Å². The quantitative estimate of drug-likeness (QED) is 0.00940. The van der Waals surface area contributed by atoms with E-state index in [1.165, 1.54) is 49.5 Å². The third kappa shape index (κ3) is 17.7. The van der Waals surface area contributed by atoms with Gasteiger partial charge in [0.25, 0.3) is 0 Å². The molecule has 1 aliphatic rings. The molecule has 452 valence electrons. The number of esters is 5. The molecule has 0 aromatic heterocycles. The maximum atomic E-state index is 15.4. The maximum absolute atomic E-state index is 15.4. The van der Waals surface area contributed by atoms with Crippen LogP contribution in [0.15, 0.2) is 184 Å². The van der Waals surface area contributed by atoms with Crippen molar-refractivity contribution in [2.75, 3.05) is 26.4 Å². The van der Waals surface area contributed by atoms with Gasteiger partial charge in [-0.2, -0.15) is 20.4 Å². The Morgan fingerprint density at radius 3 is 1.76 bits per heavy atom. The van der Waals surface area contributed by atoms with E-state index in [1.54, 1.807) is 85.8 Å². The zero-order valence-corrected chi connectivity index (χ0v) is 49.0. The average Bonchev–Trinajstić information content (AvgIpc) is 2.94. The second-order valence-corrected chi connectivity index (χ2v) is 20.5. The number of fused-ring (bicyclic) bond motifs is 1. The number of benzene rings is 8. The number of carbonyl (C=O) groups is 5. The summed E-state index contributed by atoms with van der Waals surface area (Å²) in [4.78, 5) is 65.1. The highest BCUT2D eigenvalue weighted by Crippen LogP contribution is 2.29. The second-order valence-electron chi connectivity index (χ2n) is 20.5. The Morgan fingerprint density at radius 1 is 0.528 bits per heavy atom. The fraction of sp³-hybridized carbons (Fsp3) is 0.186. The van der Waals surface area contributed by atoms with Crippen LogP contribution in [0.4, 0.5) is 8.78 Å². The van der Waals surface area contributed by atoms with E-state index < -0.39 is 41.5 Å². The summed E-state index contributed by atoms with van der Waals surface area (Å²) >= 11 is 0. The van der Waals surface area contributed by atoms with Crippen molar-refractivity contribution < 1.29 is 70.6 Å². The van der Waals surface area contributed by atoms with E-state index in [2.05, 4.69) is 33.9 Å². The van der Waals surface area contributed by atoms with Crippen molar-refractivity contribution in [1.29, 1.82) is 0 Å². The molecule has 0 bridgehead atoms. The smallest absolute Gasteiger partial charge is 0.344 e. The lowest BCUT2D eigenvalue weighted by atomic mass is 10.0. The molecule has 8 aromatic rings. The zero-order valence-electron chi connectivity index (χ0n) is 49.0. The normalized spacial score (nSPS) is 12.9. The van der Waals surface area contributed by atoms with Crippen LogP contribution in [0, 0.1) is 25.5 Å². The van der Waals surface area contributed by atoms with Crippen LogP contribution in [0.3, 0.4) is 0 Å². The van der Waals surface area contributed by atoms with Crippen LogP contribution < -0.4 is 23.7 Å². The molecule has 0 spiro atoms. The van der Waals surface area contributed by atoms with Gasteiger partial charge >= 0.3 is 29.8 Å². The van der Waals surface area contributed by atoms with E-state index in [4.69, 9.17) is 37.9 Å². The number of ether oxygens (including phenoxy) is 8. The fourth-order valence-electron chi connectivity index (χ4n) is 8.64. The van der Waals surface area contributed by atoms with E-state index in [1.807, 2.05) is 31.2 Å². The van der Waals surface area contributed by atoms with Crippen molar-refractivity contribution in [1.82, 2.24) is 0 Å². The molecule has 9 rings (SSSR count). The van der Waals surface area contributed by atoms with Gasteiger partial charge in [-0.1, -0.05) is 74.4 Å². The summed E-state index contributed by atoms with van der Waals surface area (Å²) in [5.74, 6) is -3.61. The third-order valence-corrected chi connectivity index (χ3v) is 13.5. The molecule has 1 fully saturated rings. The first-order chi connectivity index (χ1) is 43.1. The number of nitrogens with zero attached hydrogens (tertiary/aromatic N) is 4. The molecule has 0 amide bonds. The first-order valence-electron chi connectivity index (χ1n) is 28.4. The summed E-state index contributed by atoms with van der Waals surface area (Å²) in [5, 5.41) is 17.5. The Morgan fingerprint density at radius 2 is 1.10 bits per heavy atom. The maximum Gasteiger partial charge on any atom is 0.344 e. The molecule has 1 atom stereocenters. The Bertz CT molecular complexity index is 4080. The molecule has 0 N–H and O–H groups in total. The molecule has 1 unspecified atom stereocenters. The first kappa shape index (κ1) is 62.9. The van der Waals surface area contributed by atoms with E-state index in [9.17, 15) is 24.0 Å². The van der Waals surface area contributed by atoms with Gasteiger partial charge in [0.1, 0.15) is 47.0 Å². The molecule has 1 aliphatic heterocycles. The van der Waals surface area contributed by atoms with E-state index in [0.29, 0.717) is 54.4 Å². The lowest BCUT2D eigenvalue weighted by Gasteiger charge is -2.11. The topological polar surface area (TPSA) is 212 Å².